The molecule has 6 heteroatoms. The molecule has 2 aliphatic carbocycles. The van der Waals surface area contributed by atoms with E-state index in [1.165, 1.54) is 0 Å². The first-order valence-corrected chi connectivity index (χ1v) is 12.8. The van der Waals surface area contributed by atoms with Gasteiger partial charge in [0.05, 0.1) is 11.1 Å². The topological polar surface area (TPSA) is 66.8 Å². The molecule has 1 heterocycles. The predicted octanol–water partition coefficient (Wildman–Crippen LogP) is 6.17. The van der Waals surface area contributed by atoms with Crippen molar-refractivity contribution in [2.45, 2.75) is 57.9 Å². The maximum atomic E-state index is 13.4. The van der Waals surface area contributed by atoms with Crippen molar-refractivity contribution in [3.05, 3.63) is 80.6 Å². The van der Waals surface area contributed by atoms with Crippen LogP contribution in [0.3, 0.4) is 0 Å². The molecule has 0 bridgehead atoms. The molecule has 1 N–H and O–H groups in total. The van der Waals surface area contributed by atoms with Gasteiger partial charge in [-0.25, -0.2) is 0 Å². The van der Waals surface area contributed by atoms with Gasteiger partial charge in [-0.2, -0.15) is 0 Å². The summed E-state index contributed by atoms with van der Waals surface area (Å²) >= 11 is 3.45. The minimum absolute atomic E-state index is 0.0282. The Morgan fingerprint density at radius 2 is 1.59 bits per heavy atom. The Bertz CT molecular complexity index is 1170. The summed E-state index contributed by atoms with van der Waals surface area (Å²) in [5.41, 5.74) is 5.51. The Kier molecular flexibility index (Phi) is 6.34. The van der Waals surface area contributed by atoms with Gasteiger partial charge in [-0.05, 0) is 71.8 Å². The number of phenolic OH excluding ortho intramolecular Hbond substituents is 1. The largest absolute Gasteiger partial charge is 0.503 e. The summed E-state index contributed by atoms with van der Waals surface area (Å²) in [5.74, 6) is 0.163. The predicted molar refractivity (Wildman–Crippen MR) is 133 cm³/mol. The SMILES string of the molecule is CCOc1cc(C2C3=C(CCCC3=O)N(Cc3ccccc3)C3=C2C(=O)CCC3)cc(Br)c1O. The first-order chi connectivity index (χ1) is 16.5. The molecule has 2 aromatic carbocycles. The number of aromatic hydroxyl groups is 1. The molecule has 0 saturated heterocycles. The minimum atomic E-state index is -0.436. The van der Waals surface area contributed by atoms with E-state index in [2.05, 4.69) is 33.0 Å². The molecule has 34 heavy (non-hydrogen) atoms. The maximum Gasteiger partial charge on any atom is 0.172 e. The lowest BCUT2D eigenvalue weighted by Gasteiger charge is -2.44. The number of ketones is 2. The van der Waals surface area contributed by atoms with Gasteiger partial charge in [-0.15, -0.1) is 0 Å². The van der Waals surface area contributed by atoms with E-state index in [1.807, 2.05) is 31.2 Å². The molecular weight excluding hydrogens is 494 g/mol. The normalized spacial score (nSPS) is 18.8. The van der Waals surface area contributed by atoms with E-state index in [0.29, 0.717) is 36.2 Å². The highest BCUT2D eigenvalue weighted by Crippen LogP contribution is 2.51. The number of Topliss-reactive ketones (excluding diaryl/α,β-unsaturated/α-hetero) is 2. The summed E-state index contributed by atoms with van der Waals surface area (Å²) < 4.78 is 6.18. The quantitative estimate of drug-likeness (QED) is 0.509. The van der Waals surface area contributed by atoms with Crippen LogP contribution in [0.2, 0.25) is 0 Å². The van der Waals surface area contributed by atoms with E-state index in [0.717, 1.165) is 59.4 Å². The molecule has 2 aromatic rings. The number of phenols is 1. The maximum absolute atomic E-state index is 13.4. The fourth-order valence-corrected chi connectivity index (χ4v) is 5.99. The van der Waals surface area contributed by atoms with E-state index in [1.54, 1.807) is 6.07 Å². The van der Waals surface area contributed by atoms with E-state index >= 15 is 0 Å². The van der Waals surface area contributed by atoms with Crippen molar-refractivity contribution in [2.24, 2.45) is 0 Å². The van der Waals surface area contributed by atoms with Crippen molar-refractivity contribution in [3.63, 3.8) is 0 Å². The highest BCUT2D eigenvalue weighted by atomic mass is 79.9. The number of nitrogens with zero attached hydrogens (tertiary/aromatic N) is 1. The van der Waals surface area contributed by atoms with Gasteiger partial charge in [-0.3, -0.25) is 9.59 Å². The first-order valence-electron chi connectivity index (χ1n) is 12.0. The fraction of sp³-hybridized carbons (Fsp3) is 0.357. The van der Waals surface area contributed by atoms with Gasteiger partial charge in [0.25, 0.3) is 0 Å². The average molecular weight is 522 g/mol. The van der Waals surface area contributed by atoms with Crippen molar-refractivity contribution in [3.8, 4) is 11.5 Å². The van der Waals surface area contributed by atoms with Gasteiger partial charge in [0.2, 0.25) is 0 Å². The Morgan fingerprint density at radius 3 is 2.18 bits per heavy atom. The van der Waals surface area contributed by atoms with Crippen LogP contribution in [-0.2, 0) is 16.1 Å². The van der Waals surface area contributed by atoms with E-state index in [4.69, 9.17) is 4.74 Å². The molecule has 0 saturated carbocycles. The van der Waals surface area contributed by atoms with Crippen molar-refractivity contribution in [2.75, 3.05) is 6.61 Å². The van der Waals surface area contributed by atoms with Crippen LogP contribution < -0.4 is 4.74 Å². The van der Waals surface area contributed by atoms with Crippen molar-refractivity contribution < 1.29 is 19.4 Å². The molecule has 0 spiro atoms. The zero-order valence-corrected chi connectivity index (χ0v) is 20.9. The number of ether oxygens (including phenoxy) is 1. The lowest BCUT2D eigenvalue weighted by atomic mass is 9.71. The molecule has 0 unspecified atom stereocenters. The zero-order chi connectivity index (χ0) is 23.8. The molecule has 5 nitrogen and oxygen atoms in total. The van der Waals surface area contributed by atoms with Crippen LogP contribution in [0, 0.1) is 0 Å². The number of hydrogen-bond acceptors (Lipinski definition) is 5. The number of carbonyl (C=O) groups is 2. The average Bonchev–Trinajstić information content (AvgIpc) is 2.83. The second-order valence-electron chi connectivity index (χ2n) is 9.06. The molecule has 0 aromatic heterocycles. The lowest BCUT2D eigenvalue weighted by Crippen LogP contribution is -2.38. The molecule has 0 fully saturated rings. The highest BCUT2D eigenvalue weighted by molar-refractivity contribution is 9.10. The number of allylic oxidation sites excluding steroid dienone is 4. The molecular formula is C28H28BrNO4. The summed E-state index contributed by atoms with van der Waals surface area (Å²) in [6.07, 6.45) is 4.23. The van der Waals surface area contributed by atoms with Crippen LogP contribution >= 0.6 is 15.9 Å². The summed E-state index contributed by atoms with van der Waals surface area (Å²) in [6.45, 7) is 2.91. The number of rotatable bonds is 5. The lowest BCUT2D eigenvalue weighted by molar-refractivity contribution is -0.117. The number of benzene rings is 2. The van der Waals surface area contributed by atoms with E-state index in [9.17, 15) is 14.7 Å². The smallest absolute Gasteiger partial charge is 0.172 e. The van der Waals surface area contributed by atoms with Crippen LogP contribution in [0.25, 0.3) is 0 Å². The van der Waals surface area contributed by atoms with Crippen molar-refractivity contribution in [1.29, 1.82) is 0 Å². The summed E-state index contributed by atoms with van der Waals surface area (Å²) in [5, 5.41) is 10.5. The van der Waals surface area contributed by atoms with Crippen molar-refractivity contribution in [1.82, 2.24) is 4.90 Å². The Labute approximate surface area is 208 Å². The standard InChI is InChI=1S/C28H28BrNO4/c1-2-34-24-15-18(14-19(29)28(24)33)25-26-20(10-6-12-22(26)31)30(16-17-8-4-3-5-9-17)21-11-7-13-23(32)27(21)25/h3-5,8-9,14-15,25,33H,2,6-7,10-13,16H2,1H3. The van der Waals surface area contributed by atoms with Crippen LogP contribution in [0.5, 0.6) is 11.5 Å². The number of carbonyl (C=O) groups excluding carboxylic acids is 2. The number of hydrogen-bond donors (Lipinski definition) is 1. The van der Waals surface area contributed by atoms with Crippen LogP contribution in [0.4, 0.5) is 0 Å². The monoisotopic (exact) mass is 521 g/mol. The second-order valence-corrected chi connectivity index (χ2v) is 9.92. The molecule has 0 amide bonds. The van der Waals surface area contributed by atoms with Gasteiger partial charge in [0.1, 0.15) is 0 Å². The molecule has 5 rings (SSSR count). The van der Waals surface area contributed by atoms with Gasteiger partial charge in [0, 0.05) is 47.8 Å². The Morgan fingerprint density at radius 1 is 0.971 bits per heavy atom. The third kappa shape index (κ3) is 3.98. The summed E-state index contributed by atoms with van der Waals surface area (Å²) in [7, 11) is 0. The molecule has 0 atom stereocenters. The van der Waals surface area contributed by atoms with Crippen molar-refractivity contribution >= 4 is 27.5 Å². The molecule has 176 valence electrons. The summed E-state index contributed by atoms with van der Waals surface area (Å²) in [6, 6.07) is 13.8. The van der Waals surface area contributed by atoms with E-state index in [-0.39, 0.29) is 17.3 Å². The van der Waals surface area contributed by atoms with Gasteiger partial charge in [-0.1, -0.05) is 30.3 Å². The van der Waals surface area contributed by atoms with Gasteiger partial charge >= 0.3 is 0 Å². The van der Waals surface area contributed by atoms with Gasteiger partial charge in [0.15, 0.2) is 23.1 Å². The molecule has 0 radical (unpaired) electrons. The van der Waals surface area contributed by atoms with Crippen LogP contribution in [-0.4, -0.2) is 28.2 Å². The summed E-state index contributed by atoms with van der Waals surface area (Å²) in [4.78, 5) is 29.1. The van der Waals surface area contributed by atoms with E-state index < -0.39 is 5.92 Å². The highest BCUT2D eigenvalue weighted by Gasteiger charge is 2.43. The van der Waals surface area contributed by atoms with Crippen LogP contribution in [0.15, 0.2) is 69.5 Å². The van der Waals surface area contributed by atoms with Gasteiger partial charge < -0.3 is 14.7 Å². The number of halogens is 1. The molecule has 3 aliphatic rings. The second kappa shape index (κ2) is 9.41. The third-order valence-electron chi connectivity index (χ3n) is 6.95. The minimum Gasteiger partial charge on any atom is -0.503 e. The molecule has 1 aliphatic heterocycles. The Balaban J connectivity index is 1.72. The van der Waals surface area contributed by atoms with Crippen LogP contribution in [0.1, 0.15) is 62.5 Å². The fourth-order valence-electron chi connectivity index (χ4n) is 5.53. The first kappa shape index (κ1) is 22.9. The third-order valence-corrected chi connectivity index (χ3v) is 7.56. The Hall–Kier alpha value is -2.86. The zero-order valence-electron chi connectivity index (χ0n) is 19.3.